The number of ether oxygens (including phenoxy) is 1. The third-order valence-electron chi connectivity index (χ3n) is 2.34. The third kappa shape index (κ3) is 2.61. The number of thiophene rings is 1. The first kappa shape index (κ1) is 11.6. The number of rotatable bonds is 5. The summed E-state index contributed by atoms with van der Waals surface area (Å²) < 4.78 is 7.69. The van der Waals surface area contributed by atoms with Gasteiger partial charge < -0.3 is 9.84 Å². The number of hydrogen-bond acceptors (Lipinski definition) is 4. The zero-order chi connectivity index (χ0) is 11.4. The molecule has 0 aromatic carbocycles. The first-order chi connectivity index (χ1) is 7.81. The predicted octanol–water partition coefficient (Wildman–Crippen LogP) is 1.98. The Morgan fingerprint density at radius 1 is 1.44 bits per heavy atom. The topological polar surface area (TPSA) is 33.3 Å². The third-order valence-corrected chi connectivity index (χ3v) is 4.26. The van der Waals surface area contributed by atoms with E-state index in [0.717, 1.165) is 11.5 Å². The van der Waals surface area contributed by atoms with Gasteiger partial charge in [0.15, 0.2) is 10.8 Å². The van der Waals surface area contributed by atoms with Crippen molar-refractivity contribution in [1.29, 1.82) is 0 Å². The lowest BCUT2D eigenvalue weighted by Crippen LogP contribution is -2.37. The van der Waals surface area contributed by atoms with Crippen LogP contribution in [-0.2, 0) is 13.2 Å². The van der Waals surface area contributed by atoms with Gasteiger partial charge in [0, 0.05) is 20.0 Å². The lowest BCUT2D eigenvalue weighted by Gasteiger charge is -1.98. The lowest BCUT2D eigenvalue weighted by atomic mass is 10.3. The van der Waals surface area contributed by atoms with Crippen molar-refractivity contribution in [2.75, 3.05) is 6.61 Å². The number of thiazole rings is 1. The Morgan fingerprint density at radius 2 is 2.31 bits per heavy atom. The Morgan fingerprint density at radius 3 is 3.00 bits per heavy atom. The van der Waals surface area contributed by atoms with Crippen LogP contribution in [0.1, 0.15) is 10.6 Å². The molecule has 3 nitrogen and oxygen atoms in total. The van der Waals surface area contributed by atoms with Gasteiger partial charge in [0.25, 0.3) is 6.73 Å². The van der Waals surface area contributed by atoms with Crippen molar-refractivity contribution in [3.05, 3.63) is 33.6 Å². The standard InChI is InChI=1S/C11H14NO2S2/c1-9-10(4-5-13)16-8-12(9)7-14-11-3-2-6-15-11/h2-3,6,8,13H,4-5,7H2,1H3/q+1. The van der Waals surface area contributed by atoms with Crippen LogP contribution in [0.2, 0.25) is 0 Å². The molecule has 1 N–H and O–H groups in total. The summed E-state index contributed by atoms with van der Waals surface area (Å²) in [5.74, 6) is 0. The molecule has 16 heavy (non-hydrogen) atoms. The molecule has 5 heteroatoms. The van der Waals surface area contributed by atoms with Crippen LogP contribution in [0.4, 0.5) is 0 Å². The van der Waals surface area contributed by atoms with Crippen molar-refractivity contribution in [3.63, 3.8) is 0 Å². The molecular formula is C11H14NO2S2+. The van der Waals surface area contributed by atoms with Crippen LogP contribution in [0.5, 0.6) is 5.06 Å². The van der Waals surface area contributed by atoms with Crippen LogP contribution >= 0.6 is 22.7 Å². The molecule has 0 bridgehead atoms. The average molecular weight is 256 g/mol. The van der Waals surface area contributed by atoms with E-state index in [1.54, 1.807) is 22.7 Å². The molecule has 0 radical (unpaired) electrons. The molecule has 86 valence electrons. The summed E-state index contributed by atoms with van der Waals surface area (Å²) in [4.78, 5) is 1.22. The van der Waals surface area contributed by atoms with Gasteiger partial charge in [0.1, 0.15) is 0 Å². The second kappa shape index (κ2) is 5.43. The van der Waals surface area contributed by atoms with Crippen molar-refractivity contribution in [2.24, 2.45) is 0 Å². The normalized spacial score (nSPS) is 10.6. The molecule has 0 aliphatic heterocycles. The first-order valence-electron chi connectivity index (χ1n) is 5.05. The summed E-state index contributed by atoms with van der Waals surface area (Å²) in [6.07, 6.45) is 0.725. The van der Waals surface area contributed by atoms with Gasteiger partial charge in [-0.1, -0.05) is 11.3 Å². The second-order valence-corrected chi connectivity index (χ2v) is 5.23. The van der Waals surface area contributed by atoms with Crippen LogP contribution < -0.4 is 9.30 Å². The van der Waals surface area contributed by atoms with E-state index in [1.165, 1.54) is 10.6 Å². The van der Waals surface area contributed by atoms with Gasteiger partial charge in [0.2, 0.25) is 5.51 Å². The van der Waals surface area contributed by atoms with E-state index in [4.69, 9.17) is 9.84 Å². The van der Waals surface area contributed by atoms with E-state index in [1.807, 2.05) is 23.0 Å². The van der Waals surface area contributed by atoms with Crippen LogP contribution in [0.25, 0.3) is 0 Å². The molecule has 2 aromatic heterocycles. The van der Waals surface area contributed by atoms with Crippen LogP contribution in [0.3, 0.4) is 0 Å². The summed E-state index contributed by atoms with van der Waals surface area (Å²) in [7, 11) is 0. The quantitative estimate of drug-likeness (QED) is 0.830. The maximum Gasteiger partial charge on any atom is 0.293 e. The molecule has 0 atom stereocenters. The highest BCUT2D eigenvalue weighted by atomic mass is 32.1. The van der Waals surface area contributed by atoms with E-state index in [2.05, 4.69) is 11.5 Å². The fraction of sp³-hybridized carbons (Fsp3) is 0.364. The number of aromatic nitrogens is 1. The van der Waals surface area contributed by atoms with Crippen molar-refractivity contribution >= 4 is 22.7 Å². The highest BCUT2D eigenvalue weighted by Gasteiger charge is 2.14. The molecule has 0 saturated carbocycles. The fourth-order valence-corrected chi connectivity index (χ4v) is 2.94. The molecule has 2 aromatic rings. The van der Waals surface area contributed by atoms with Crippen molar-refractivity contribution in [1.82, 2.24) is 0 Å². The van der Waals surface area contributed by atoms with Gasteiger partial charge in [-0.3, -0.25) is 0 Å². The van der Waals surface area contributed by atoms with Gasteiger partial charge in [-0.2, -0.15) is 4.57 Å². The fourth-order valence-electron chi connectivity index (χ4n) is 1.40. The van der Waals surface area contributed by atoms with E-state index < -0.39 is 0 Å². The Labute approximate surface area is 103 Å². The minimum atomic E-state index is 0.202. The molecule has 0 aliphatic carbocycles. The average Bonchev–Trinajstić information content (AvgIpc) is 2.89. The highest BCUT2D eigenvalue weighted by Crippen LogP contribution is 2.18. The molecule has 0 aliphatic rings. The van der Waals surface area contributed by atoms with Gasteiger partial charge >= 0.3 is 0 Å². The molecular weight excluding hydrogens is 242 g/mol. The summed E-state index contributed by atoms with van der Waals surface area (Å²) in [6, 6.07) is 3.93. The Bertz CT molecular complexity index is 437. The number of nitrogens with zero attached hydrogens (tertiary/aromatic N) is 1. The lowest BCUT2D eigenvalue weighted by molar-refractivity contribution is -0.725. The summed E-state index contributed by atoms with van der Waals surface area (Å²) in [6.45, 7) is 2.79. The van der Waals surface area contributed by atoms with E-state index in [0.29, 0.717) is 6.73 Å². The molecule has 0 unspecified atom stereocenters. The Balaban J connectivity index is 1.99. The van der Waals surface area contributed by atoms with Crippen molar-refractivity contribution < 1.29 is 14.4 Å². The minimum Gasteiger partial charge on any atom is -0.426 e. The van der Waals surface area contributed by atoms with Gasteiger partial charge in [0.05, 0.1) is 4.88 Å². The number of hydrogen-bond donors (Lipinski definition) is 1. The van der Waals surface area contributed by atoms with Gasteiger partial charge in [-0.25, -0.2) is 0 Å². The predicted molar refractivity (Wildman–Crippen MR) is 65.0 cm³/mol. The molecule has 0 spiro atoms. The number of aliphatic hydroxyl groups is 1. The summed E-state index contributed by atoms with van der Waals surface area (Å²) in [5, 5.41) is 11.8. The van der Waals surface area contributed by atoms with Crippen molar-refractivity contribution in [2.45, 2.75) is 20.1 Å². The molecule has 0 saturated heterocycles. The van der Waals surface area contributed by atoms with Gasteiger partial charge in [-0.15, -0.1) is 11.3 Å². The maximum atomic E-state index is 8.90. The van der Waals surface area contributed by atoms with Crippen LogP contribution in [0, 0.1) is 6.92 Å². The summed E-state index contributed by atoms with van der Waals surface area (Å²) >= 11 is 3.26. The smallest absolute Gasteiger partial charge is 0.293 e. The highest BCUT2D eigenvalue weighted by molar-refractivity contribution is 7.11. The zero-order valence-electron chi connectivity index (χ0n) is 9.05. The Kier molecular flexibility index (Phi) is 3.93. The van der Waals surface area contributed by atoms with Gasteiger partial charge in [-0.05, 0) is 17.5 Å². The molecule has 0 fully saturated rings. The van der Waals surface area contributed by atoms with E-state index >= 15 is 0 Å². The van der Waals surface area contributed by atoms with E-state index in [-0.39, 0.29) is 6.61 Å². The van der Waals surface area contributed by atoms with Crippen molar-refractivity contribution in [3.8, 4) is 5.06 Å². The molecule has 0 amide bonds. The second-order valence-electron chi connectivity index (χ2n) is 3.38. The van der Waals surface area contributed by atoms with Crippen LogP contribution in [0.15, 0.2) is 23.0 Å². The van der Waals surface area contributed by atoms with Crippen LogP contribution in [-0.4, -0.2) is 11.7 Å². The zero-order valence-corrected chi connectivity index (χ0v) is 10.7. The SMILES string of the molecule is Cc1c(CCO)sc[n+]1COc1cccs1. The molecule has 2 rings (SSSR count). The molecule has 2 heterocycles. The first-order valence-corrected chi connectivity index (χ1v) is 6.80. The number of aliphatic hydroxyl groups excluding tert-OH is 1. The van der Waals surface area contributed by atoms with E-state index in [9.17, 15) is 0 Å². The Hall–Kier alpha value is -0.910. The summed E-state index contributed by atoms with van der Waals surface area (Å²) in [5.41, 5.74) is 3.21. The maximum absolute atomic E-state index is 8.90. The minimum absolute atomic E-state index is 0.202. The largest absolute Gasteiger partial charge is 0.426 e. The monoisotopic (exact) mass is 256 g/mol.